The van der Waals surface area contributed by atoms with Gasteiger partial charge in [0.05, 0.1) is 29.5 Å². The van der Waals surface area contributed by atoms with Crippen LogP contribution < -0.4 is 0 Å². The van der Waals surface area contributed by atoms with Gasteiger partial charge in [0.1, 0.15) is 6.10 Å². The van der Waals surface area contributed by atoms with E-state index in [4.69, 9.17) is 0 Å². The second-order valence-electron chi connectivity index (χ2n) is 4.86. The van der Waals surface area contributed by atoms with Gasteiger partial charge in [-0.1, -0.05) is 12.1 Å². The molecule has 4 nitrogen and oxygen atoms in total. The number of hydrogen-bond acceptors (Lipinski definition) is 3. The molecule has 2 N–H and O–H groups in total. The van der Waals surface area contributed by atoms with Crippen LogP contribution in [-0.4, -0.2) is 31.5 Å². The first-order valence-corrected chi connectivity index (χ1v) is 5.99. The molecule has 90 valence electrons. The van der Waals surface area contributed by atoms with Gasteiger partial charge < -0.3 is 14.8 Å². The highest BCUT2D eigenvalue weighted by Gasteiger charge is 2.41. The van der Waals surface area contributed by atoms with Crippen LogP contribution >= 0.6 is 0 Å². The lowest BCUT2D eigenvalue weighted by atomic mass is 9.76. The maximum absolute atomic E-state index is 10.1. The molecule has 0 radical (unpaired) electrons. The Morgan fingerprint density at radius 3 is 2.82 bits per heavy atom. The fraction of sp³-hybridized carbons (Fsp3) is 0.462. The van der Waals surface area contributed by atoms with E-state index in [1.165, 1.54) is 0 Å². The van der Waals surface area contributed by atoms with Gasteiger partial charge in [0.25, 0.3) is 0 Å². The number of fused-ring (bicyclic) bond motifs is 1. The number of aliphatic hydroxyl groups excluding tert-OH is 1. The second kappa shape index (κ2) is 3.82. The number of aromatic nitrogens is 2. The summed E-state index contributed by atoms with van der Waals surface area (Å²) in [6.07, 6.45) is 3.39. The number of nitrogens with zero attached hydrogens (tertiary/aromatic N) is 2. The second-order valence-corrected chi connectivity index (χ2v) is 4.86. The summed E-state index contributed by atoms with van der Waals surface area (Å²) in [4.78, 5) is 4.27. The average Bonchev–Trinajstić information content (AvgIpc) is 2.70. The maximum atomic E-state index is 10.1. The molecule has 0 bridgehead atoms. The van der Waals surface area contributed by atoms with Gasteiger partial charge in [0.15, 0.2) is 0 Å². The van der Waals surface area contributed by atoms with Crippen LogP contribution in [0.5, 0.6) is 0 Å². The minimum absolute atomic E-state index is 0.400. The van der Waals surface area contributed by atoms with Crippen molar-refractivity contribution in [3.8, 4) is 0 Å². The lowest BCUT2D eigenvalue weighted by molar-refractivity contribution is -0.129. The van der Waals surface area contributed by atoms with Crippen molar-refractivity contribution in [1.82, 2.24) is 9.55 Å². The SMILES string of the molecule is OC(Cn1cnc2ccccc21)C1(O)CCC1. The molecule has 3 rings (SSSR count). The van der Waals surface area contributed by atoms with Crippen molar-refractivity contribution in [2.24, 2.45) is 0 Å². The van der Waals surface area contributed by atoms with Crippen molar-refractivity contribution in [3.63, 3.8) is 0 Å². The van der Waals surface area contributed by atoms with E-state index in [-0.39, 0.29) is 0 Å². The van der Waals surface area contributed by atoms with Crippen LogP contribution in [0.25, 0.3) is 11.0 Å². The van der Waals surface area contributed by atoms with Crippen molar-refractivity contribution in [2.45, 2.75) is 37.5 Å². The van der Waals surface area contributed by atoms with Gasteiger partial charge in [-0.2, -0.15) is 0 Å². The normalized spacial score (nSPS) is 20.1. The summed E-state index contributed by atoms with van der Waals surface area (Å²) in [6, 6.07) is 7.80. The summed E-state index contributed by atoms with van der Waals surface area (Å²) in [5.74, 6) is 0. The summed E-state index contributed by atoms with van der Waals surface area (Å²) in [6.45, 7) is 0.400. The van der Waals surface area contributed by atoms with E-state index in [9.17, 15) is 10.2 Å². The first-order chi connectivity index (χ1) is 8.19. The number of rotatable bonds is 3. The van der Waals surface area contributed by atoms with E-state index in [2.05, 4.69) is 4.98 Å². The molecule has 1 saturated carbocycles. The fourth-order valence-electron chi connectivity index (χ4n) is 2.38. The summed E-state index contributed by atoms with van der Waals surface area (Å²) in [7, 11) is 0. The highest BCUT2D eigenvalue weighted by Crippen LogP contribution is 2.35. The molecular weight excluding hydrogens is 216 g/mol. The number of benzene rings is 1. The number of aliphatic hydroxyl groups is 2. The molecular formula is C13H16N2O2. The molecule has 1 aliphatic rings. The first kappa shape index (κ1) is 10.7. The monoisotopic (exact) mass is 232 g/mol. The molecule has 0 saturated heterocycles. The van der Waals surface area contributed by atoms with Crippen LogP contribution in [0.4, 0.5) is 0 Å². The van der Waals surface area contributed by atoms with Crippen LogP contribution in [0.2, 0.25) is 0 Å². The molecule has 2 aromatic rings. The number of imidazole rings is 1. The van der Waals surface area contributed by atoms with Gasteiger partial charge in [-0.25, -0.2) is 4.98 Å². The summed E-state index contributed by atoms with van der Waals surface area (Å²) < 4.78 is 1.90. The lowest BCUT2D eigenvalue weighted by Gasteiger charge is -2.40. The van der Waals surface area contributed by atoms with Crippen molar-refractivity contribution >= 4 is 11.0 Å². The van der Waals surface area contributed by atoms with Gasteiger partial charge in [0.2, 0.25) is 0 Å². The Kier molecular flexibility index (Phi) is 2.42. The van der Waals surface area contributed by atoms with E-state index < -0.39 is 11.7 Å². The van der Waals surface area contributed by atoms with Crippen LogP contribution in [-0.2, 0) is 6.54 Å². The highest BCUT2D eigenvalue weighted by atomic mass is 16.3. The molecule has 1 aromatic heterocycles. The third-order valence-electron chi connectivity index (χ3n) is 3.74. The molecule has 0 aliphatic heterocycles. The topological polar surface area (TPSA) is 58.3 Å². The predicted molar refractivity (Wildman–Crippen MR) is 64.5 cm³/mol. The zero-order chi connectivity index (χ0) is 11.9. The van der Waals surface area contributed by atoms with Crippen LogP contribution in [0.1, 0.15) is 19.3 Å². The van der Waals surface area contributed by atoms with E-state index in [1.807, 2.05) is 28.8 Å². The van der Waals surface area contributed by atoms with Gasteiger partial charge in [0, 0.05) is 0 Å². The molecule has 4 heteroatoms. The van der Waals surface area contributed by atoms with Crippen molar-refractivity contribution in [1.29, 1.82) is 0 Å². The Labute approximate surface area is 99.5 Å². The van der Waals surface area contributed by atoms with Crippen molar-refractivity contribution < 1.29 is 10.2 Å². The lowest BCUT2D eigenvalue weighted by Crippen LogP contribution is -2.49. The van der Waals surface area contributed by atoms with E-state index in [0.29, 0.717) is 19.4 Å². The van der Waals surface area contributed by atoms with Crippen LogP contribution in [0, 0.1) is 0 Å². The Balaban J connectivity index is 1.85. The molecule has 1 aliphatic carbocycles. The quantitative estimate of drug-likeness (QED) is 0.839. The minimum Gasteiger partial charge on any atom is -0.388 e. The van der Waals surface area contributed by atoms with Gasteiger partial charge in [-0.05, 0) is 31.4 Å². The molecule has 1 unspecified atom stereocenters. The molecule has 1 atom stereocenters. The molecule has 0 spiro atoms. The molecule has 1 aromatic carbocycles. The Morgan fingerprint density at radius 2 is 2.12 bits per heavy atom. The van der Waals surface area contributed by atoms with E-state index in [1.54, 1.807) is 6.33 Å². The van der Waals surface area contributed by atoms with Crippen molar-refractivity contribution in [3.05, 3.63) is 30.6 Å². The highest BCUT2D eigenvalue weighted by molar-refractivity contribution is 5.74. The molecule has 1 heterocycles. The molecule has 1 fully saturated rings. The predicted octanol–water partition coefficient (Wildman–Crippen LogP) is 1.31. The summed E-state index contributed by atoms with van der Waals surface area (Å²) in [5, 5.41) is 20.1. The van der Waals surface area contributed by atoms with Gasteiger partial charge >= 0.3 is 0 Å². The van der Waals surface area contributed by atoms with Gasteiger partial charge in [-0.3, -0.25) is 0 Å². The maximum Gasteiger partial charge on any atom is 0.101 e. The van der Waals surface area contributed by atoms with E-state index in [0.717, 1.165) is 17.5 Å². The largest absolute Gasteiger partial charge is 0.388 e. The third kappa shape index (κ3) is 1.73. The zero-order valence-electron chi connectivity index (χ0n) is 9.58. The molecule has 0 amide bonds. The number of para-hydroxylation sites is 2. The average molecular weight is 232 g/mol. The Morgan fingerprint density at radius 1 is 1.35 bits per heavy atom. The Hall–Kier alpha value is -1.39. The fourth-order valence-corrected chi connectivity index (χ4v) is 2.38. The molecule has 17 heavy (non-hydrogen) atoms. The van der Waals surface area contributed by atoms with Gasteiger partial charge in [-0.15, -0.1) is 0 Å². The zero-order valence-corrected chi connectivity index (χ0v) is 9.58. The Bertz CT molecular complexity index is 531. The summed E-state index contributed by atoms with van der Waals surface area (Å²) >= 11 is 0. The smallest absolute Gasteiger partial charge is 0.101 e. The van der Waals surface area contributed by atoms with Crippen molar-refractivity contribution in [2.75, 3.05) is 0 Å². The summed E-state index contributed by atoms with van der Waals surface area (Å²) in [5.41, 5.74) is 1.03. The van der Waals surface area contributed by atoms with E-state index >= 15 is 0 Å². The third-order valence-corrected chi connectivity index (χ3v) is 3.74. The number of hydrogen-bond donors (Lipinski definition) is 2. The van der Waals surface area contributed by atoms with Crippen LogP contribution in [0.3, 0.4) is 0 Å². The minimum atomic E-state index is -0.884. The standard InChI is InChI=1S/C13H16N2O2/c16-12(13(17)6-3-7-13)8-15-9-14-10-4-1-2-5-11(10)15/h1-2,4-5,9,12,16-17H,3,6-8H2. The first-order valence-electron chi connectivity index (χ1n) is 5.99. The van der Waals surface area contributed by atoms with Crippen LogP contribution in [0.15, 0.2) is 30.6 Å².